The number of hydrogen-bond acceptors (Lipinski definition) is 6. The molecule has 1 aromatic carbocycles. The highest BCUT2D eigenvalue weighted by Gasteiger charge is 2.22. The molecule has 1 aliphatic heterocycles. The summed E-state index contributed by atoms with van der Waals surface area (Å²) in [7, 11) is 1.31. The lowest BCUT2D eigenvalue weighted by Crippen LogP contribution is -2.38. The molecule has 1 atom stereocenters. The van der Waals surface area contributed by atoms with Crippen molar-refractivity contribution >= 4 is 23.5 Å². The van der Waals surface area contributed by atoms with E-state index in [0.717, 1.165) is 11.3 Å². The Hall–Kier alpha value is -2.81. The Kier molecular flexibility index (Phi) is 6.58. The summed E-state index contributed by atoms with van der Waals surface area (Å²) in [4.78, 5) is 26.9. The molecule has 1 unspecified atom stereocenters. The van der Waals surface area contributed by atoms with Gasteiger partial charge >= 0.3 is 5.97 Å². The molecule has 0 aromatic heterocycles. The molecule has 0 fully saturated rings. The molecule has 0 saturated carbocycles. The maximum atomic E-state index is 11.9. The number of nitrogens with zero attached hydrogens (tertiary/aromatic N) is 1. The van der Waals surface area contributed by atoms with Gasteiger partial charge < -0.3 is 31.6 Å². The number of rotatable bonds is 7. The third-order valence-electron chi connectivity index (χ3n) is 3.68. The number of esters is 1. The molecule has 0 aliphatic carbocycles. The molecule has 0 bridgehead atoms. The summed E-state index contributed by atoms with van der Waals surface area (Å²) in [5, 5.41) is 5.85. The summed E-state index contributed by atoms with van der Waals surface area (Å²) in [5.41, 5.74) is 12.3. The quantitative estimate of drug-likeness (QED) is 0.300. The van der Waals surface area contributed by atoms with Crippen LogP contribution in [-0.2, 0) is 14.3 Å². The fourth-order valence-electron chi connectivity index (χ4n) is 2.50. The van der Waals surface area contributed by atoms with Gasteiger partial charge in [-0.1, -0.05) is 0 Å². The van der Waals surface area contributed by atoms with Gasteiger partial charge in [0.15, 0.2) is 5.96 Å². The van der Waals surface area contributed by atoms with Crippen molar-refractivity contribution in [3.63, 3.8) is 0 Å². The minimum absolute atomic E-state index is 0.0221. The molecule has 1 aliphatic rings. The van der Waals surface area contributed by atoms with Gasteiger partial charge in [0, 0.05) is 24.6 Å². The molecule has 1 heterocycles. The molecule has 136 valence electrons. The monoisotopic (exact) mass is 349 g/mol. The van der Waals surface area contributed by atoms with E-state index in [9.17, 15) is 9.59 Å². The van der Waals surface area contributed by atoms with Gasteiger partial charge in [-0.3, -0.25) is 9.59 Å². The van der Waals surface area contributed by atoms with Gasteiger partial charge in [0.25, 0.3) is 0 Å². The summed E-state index contributed by atoms with van der Waals surface area (Å²) in [5.74, 6) is 0.159. The van der Waals surface area contributed by atoms with Gasteiger partial charge in [-0.05, 0) is 18.2 Å². The zero-order chi connectivity index (χ0) is 18.2. The van der Waals surface area contributed by atoms with E-state index in [0.29, 0.717) is 18.7 Å². The van der Waals surface area contributed by atoms with E-state index in [1.54, 1.807) is 12.1 Å². The van der Waals surface area contributed by atoms with Crippen molar-refractivity contribution in [3.8, 4) is 5.75 Å². The average molecular weight is 349 g/mol. The standard InChI is InChI=1S/C16H23N5O4/c1-24-15(23)4-6-19-14(22)9-20-12-5-7-25-13-3-2-10(8-11(12)13)21-16(17)18/h2-3,8,12,20H,4-7,9H2,1H3,(H,19,22)(H4,17,18,21). The number of carbonyl (C=O) groups is 2. The normalized spacial score (nSPS) is 15.5. The zero-order valence-electron chi connectivity index (χ0n) is 14.1. The lowest BCUT2D eigenvalue weighted by atomic mass is 10.00. The fraction of sp³-hybridized carbons (Fsp3) is 0.438. The van der Waals surface area contributed by atoms with Crippen molar-refractivity contribution in [2.75, 3.05) is 26.8 Å². The number of fused-ring (bicyclic) bond motifs is 1. The minimum atomic E-state index is -0.362. The fourth-order valence-corrected chi connectivity index (χ4v) is 2.50. The van der Waals surface area contributed by atoms with Crippen LogP contribution in [0.25, 0.3) is 0 Å². The lowest BCUT2D eigenvalue weighted by Gasteiger charge is -2.27. The molecular weight excluding hydrogens is 326 g/mol. The van der Waals surface area contributed by atoms with Crippen LogP contribution in [0.4, 0.5) is 5.69 Å². The van der Waals surface area contributed by atoms with E-state index in [1.807, 2.05) is 6.07 Å². The van der Waals surface area contributed by atoms with E-state index in [4.69, 9.17) is 16.2 Å². The SMILES string of the molecule is COC(=O)CCNC(=O)CNC1CCOc2ccc(N=C(N)N)cc21. The molecule has 1 aromatic rings. The first-order chi connectivity index (χ1) is 12.0. The number of amides is 1. The molecule has 0 spiro atoms. The summed E-state index contributed by atoms with van der Waals surface area (Å²) in [6, 6.07) is 5.35. The molecule has 6 N–H and O–H groups in total. The van der Waals surface area contributed by atoms with Gasteiger partial charge in [0.1, 0.15) is 5.75 Å². The number of guanidine groups is 1. The minimum Gasteiger partial charge on any atom is -0.493 e. The first-order valence-electron chi connectivity index (χ1n) is 7.93. The molecule has 2 rings (SSSR count). The molecular formula is C16H23N5O4. The predicted octanol–water partition coefficient (Wildman–Crippen LogP) is -0.316. The van der Waals surface area contributed by atoms with Crippen molar-refractivity contribution in [1.82, 2.24) is 10.6 Å². The second-order valence-electron chi connectivity index (χ2n) is 5.51. The number of nitrogens with one attached hydrogen (secondary N) is 2. The maximum absolute atomic E-state index is 11.9. The van der Waals surface area contributed by atoms with Crippen LogP contribution in [0.5, 0.6) is 5.75 Å². The number of ether oxygens (including phenoxy) is 2. The Balaban J connectivity index is 1.92. The largest absolute Gasteiger partial charge is 0.493 e. The smallest absolute Gasteiger partial charge is 0.307 e. The Labute approximate surface area is 145 Å². The van der Waals surface area contributed by atoms with Crippen molar-refractivity contribution in [3.05, 3.63) is 23.8 Å². The number of nitrogens with two attached hydrogens (primary N) is 2. The number of benzene rings is 1. The van der Waals surface area contributed by atoms with Crippen LogP contribution in [0.3, 0.4) is 0 Å². The van der Waals surface area contributed by atoms with E-state index in [1.165, 1.54) is 7.11 Å². The van der Waals surface area contributed by atoms with Crippen LogP contribution in [0.1, 0.15) is 24.4 Å². The first kappa shape index (κ1) is 18.5. The van der Waals surface area contributed by atoms with Gasteiger partial charge in [-0.15, -0.1) is 0 Å². The van der Waals surface area contributed by atoms with Crippen molar-refractivity contribution in [1.29, 1.82) is 0 Å². The van der Waals surface area contributed by atoms with Gasteiger partial charge in [-0.2, -0.15) is 0 Å². The number of hydrogen-bond donors (Lipinski definition) is 4. The molecule has 0 radical (unpaired) electrons. The zero-order valence-corrected chi connectivity index (χ0v) is 14.1. The number of aliphatic imine (C=N–C) groups is 1. The summed E-state index contributed by atoms with van der Waals surface area (Å²) >= 11 is 0. The summed E-state index contributed by atoms with van der Waals surface area (Å²) < 4.78 is 10.1. The number of methoxy groups -OCH3 is 1. The van der Waals surface area contributed by atoms with E-state index in [-0.39, 0.29) is 43.4 Å². The van der Waals surface area contributed by atoms with Crippen molar-refractivity contribution in [2.45, 2.75) is 18.9 Å². The molecule has 9 heteroatoms. The van der Waals surface area contributed by atoms with Crippen molar-refractivity contribution < 1.29 is 19.1 Å². The Bertz CT molecular complexity index is 658. The van der Waals surface area contributed by atoms with Gasteiger partial charge in [0.2, 0.25) is 5.91 Å². The third kappa shape index (κ3) is 5.64. The van der Waals surface area contributed by atoms with Crippen LogP contribution in [0, 0.1) is 0 Å². The van der Waals surface area contributed by atoms with Crippen LogP contribution >= 0.6 is 0 Å². The maximum Gasteiger partial charge on any atom is 0.307 e. The van der Waals surface area contributed by atoms with Crippen LogP contribution in [0.15, 0.2) is 23.2 Å². The molecule has 1 amide bonds. The average Bonchev–Trinajstić information content (AvgIpc) is 2.59. The lowest BCUT2D eigenvalue weighted by molar-refractivity contribution is -0.140. The summed E-state index contributed by atoms with van der Waals surface area (Å²) in [6.45, 7) is 0.917. The summed E-state index contributed by atoms with van der Waals surface area (Å²) in [6.07, 6.45) is 0.859. The third-order valence-corrected chi connectivity index (χ3v) is 3.68. The van der Waals surface area contributed by atoms with Gasteiger partial charge in [0.05, 0.1) is 32.4 Å². The number of carbonyl (C=O) groups excluding carboxylic acids is 2. The highest BCUT2D eigenvalue weighted by Crippen LogP contribution is 2.34. The highest BCUT2D eigenvalue weighted by molar-refractivity contribution is 5.79. The predicted molar refractivity (Wildman–Crippen MR) is 92.4 cm³/mol. The Morgan fingerprint density at radius 3 is 2.92 bits per heavy atom. The molecule has 25 heavy (non-hydrogen) atoms. The Morgan fingerprint density at radius 1 is 1.40 bits per heavy atom. The van der Waals surface area contributed by atoms with E-state index < -0.39 is 0 Å². The topological polar surface area (TPSA) is 141 Å². The van der Waals surface area contributed by atoms with E-state index in [2.05, 4.69) is 20.4 Å². The van der Waals surface area contributed by atoms with Crippen LogP contribution in [-0.4, -0.2) is 44.6 Å². The van der Waals surface area contributed by atoms with Crippen LogP contribution in [0.2, 0.25) is 0 Å². The second kappa shape index (κ2) is 8.88. The Morgan fingerprint density at radius 2 is 2.20 bits per heavy atom. The highest BCUT2D eigenvalue weighted by atomic mass is 16.5. The second-order valence-corrected chi connectivity index (χ2v) is 5.51. The van der Waals surface area contributed by atoms with E-state index >= 15 is 0 Å². The molecule has 0 saturated heterocycles. The van der Waals surface area contributed by atoms with Crippen molar-refractivity contribution in [2.24, 2.45) is 16.5 Å². The van der Waals surface area contributed by atoms with Crippen LogP contribution < -0.4 is 26.8 Å². The first-order valence-corrected chi connectivity index (χ1v) is 7.93. The van der Waals surface area contributed by atoms with Gasteiger partial charge in [-0.25, -0.2) is 4.99 Å². The molecule has 9 nitrogen and oxygen atoms in total.